The fraction of sp³-hybridized carbons (Fsp3) is 0.0811. The zero-order valence-corrected chi connectivity index (χ0v) is 27.2. The predicted molar refractivity (Wildman–Crippen MR) is 182 cm³/mol. The summed E-state index contributed by atoms with van der Waals surface area (Å²) < 4.78 is 58.3. The van der Waals surface area contributed by atoms with Gasteiger partial charge in [-0.2, -0.15) is 13.2 Å². The molecule has 0 saturated carbocycles. The molecular weight excluding hydrogens is 701 g/mol. The Morgan fingerprint density at radius 1 is 0.776 bits per heavy atom. The van der Waals surface area contributed by atoms with Gasteiger partial charge in [0.25, 0.3) is 0 Å². The van der Waals surface area contributed by atoms with Gasteiger partial charge in [0.15, 0.2) is 0 Å². The number of alkyl halides is 3. The molecule has 0 radical (unpaired) electrons. The van der Waals surface area contributed by atoms with Crippen molar-refractivity contribution in [1.29, 1.82) is 0 Å². The predicted octanol–water partition coefficient (Wildman–Crippen LogP) is 9.77. The summed E-state index contributed by atoms with van der Waals surface area (Å²) in [4.78, 5) is 18.1. The zero-order chi connectivity index (χ0) is 34.1. The number of rotatable bonds is 8. The standard InChI is InChI=1S/C37H24BrF3N4O4/c1-47-26-4-2-3-22(15-26)36-27(13-21(20-46)14-33(36)49-34-9-5-23-18-42-12-11-29(23)44-34)31-17-30-24(19-43-31)6-10-35(45-30)48-32-16-25(37(39,40)41)7-8-28(32)38/h2-19,46H,20H2,1H3. The Bertz CT molecular complexity index is 2350. The maximum Gasteiger partial charge on any atom is 0.416 e. The number of nitrogens with zero attached hydrogens (tertiary/aromatic N) is 4. The van der Waals surface area contributed by atoms with Crippen LogP contribution in [0.1, 0.15) is 11.1 Å². The Morgan fingerprint density at radius 3 is 2.29 bits per heavy atom. The van der Waals surface area contributed by atoms with Crippen LogP contribution in [-0.2, 0) is 12.8 Å². The quantitative estimate of drug-likeness (QED) is 0.165. The third-order valence-electron chi connectivity index (χ3n) is 7.68. The molecular formula is C37H24BrF3N4O4. The minimum absolute atomic E-state index is 0.0349. The van der Waals surface area contributed by atoms with Gasteiger partial charge < -0.3 is 19.3 Å². The Hall–Kier alpha value is -5.59. The van der Waals surface area contributed by atoms with Crippen LogP contribution in [0.2, 0.25) is 0 Å². The van der Waals surface area contributed by atoms with Gasteiger partial charge in [-0.05, 0) is 93.8 Å². The molecule has 0 saturated heterocycles. The van der Waals surface area contributed by atoms with Crippen LogP contribution in [0.15, 0.2) is 114 Å². The van der Waals surface area contributed by atoms with E-state index in [1.807, 2.05) is 36.4 Å². The summed E-state index contributed by atoms with van der Waals surface area (Å²) >= 11 is 3.26. The summed E-state index contributed by atoms with van der Waals surface area (Å²) in [5.41, 5.74) is 3.40. The number of hydrogen-bond donors (Lipinski definition) is 1. The molecule has 12 heteroatoms. The van der Waals surface area contributed by atoms with Gasteiger partial charge in [-0.25, -0.2) is 9.97 Å². The summed E-state index contributed by atoms with van der Waals surface area (Å²) in [5.74, 6) is 1.42. The first kappa shape index (κ1) is 32.0. The third-order valence-corrected chi connectivity index (χ3v) is 8.33. The van der Waals surface area contributed by atoms with Crippen molar-refractivity contribution in [2.45, 2.75) is 12.8 Å². The second kappa shape index (κ2) is 13.1. The lowest BCUT2D eigenvalue weighted by molar-refractivity contribution is -0.137. The average molecular weight is 726 g/mol. The van der Waals surface area contributed by atoms with Crippen LogP contribution in [0.4, 0.5) is 13.2 Å². The van der Waals surface area contributed by atoms with Crippen LogP contribution in [-0.4, -0.2) is 32.2 Å². The first-order valence-electron chi connectivity index (χ1n) is 14.8. The van der Waals surface area contributed by atoms with E-state index in [-0.39, 0.29) is 18.2 Å². The van der Waals surface area contributed by atoms with Gasteiger partial charge in [-0.15, -0.1) is 0 Å². The van der Waals surface area contributed by atoms with E-state index in [0.29, 0.717) is 60.7 Å². The molecule has 0 bridgehead atoms. The average Bonchev–Trinajstić information content (AvgIpc) is 3.11. The van der Waals surface area contributed by atoms with Crippen LogP contribution in [0.3, 0.4) is 0 Å². The Kier molecular flexibility index (Phi) is 8.57. The SMILES string of the molecule is COc1cccc(-c2c(Oc3ccc4cnccc4n3)cc(CO)cc2-c2cc3nc(Oc4cc(C(F)(F)F)ccc4Br)ccc3cn2)c1. The number of halogens is 4. The molecule has 0 aliphatic carbocycles. The Morgan fingerprint density at radius 2 is 1.53 bits per heavy atom. The first-order valence-corrected chi connectivity index (χ1v) is 15.6. The van der Waals surface area contributed by atoms with Crippen molar-refractivity contribution >= 4 is 37.7 Å². The number of pyridine rings is 4. The maximum absolute atomic E-state index is 13.4. The van der Waals surface area contributed by atoms with E-state index < -0.39 is 11.7 Å². The fourth-order valence-corrected chi connectivity index (χ4v) is 5.64. The molecule has 0 spiro atoms. The van der Waals surface area contributed by atoms with Crippen molar-refractivity contribution in [3.05, 3.63) is 125 Å². The van der Waals surface area contributed by atoms with Crippen LogP contribution < -0.4 is 14.2 Å². The van der Waals surface area contributed by atoms with Crippen molar-refractivity contribution in [2.75, 3.05) is 7.11 Å². The highest BCUT2D eigenvalue weighted by atomic mass is 79.9. The minimum Gasteiger partial charge on any atom is -0.497 e. The number of aliphatic hydroxyl groups is 1. The fourth-order valence-electron chi connectivity index (χ4n) is 5.31. The lowest BCUT2D eigenvalue weighted by atomic mass is 9.93. The molecule has 0 atom stereocenters. The minimum atomic E-state index is -4.54. The number of benzene rings is 3. The molecule has 4 aromatic heterocycles. The summed E-state index contributed by atoms with van der Waals surface area (Å²) in [5, 5.41) is 11.8. The molecule has 0 unspecified atom stereocenters. The van der Waals surface area contributed by atoms with Gasteiger partial charge in [-0.3, -0.25) is 9.97 Å². The van der Waals surface area contributed by atoms with E-state index >= 15 is 0 Å². The second-order valence-corrected chi connectivity index (χ2v) is 11.7. The topological polar surface area (TPSA) is 99.5 Å². The van der Waals surface area contributed by atoms with Crippen LogP contribution in [0.5, 0.6) is 29.0 Å². The van der Waals surface area contributed by atoms with Gasteiger partial charge in [-0.1, -0.05) is 12.1 Å². The number of hydrogen-bond acceptors (Lipinski definition) is 8. The molecule has 3 aromatic carbocycles. The normalized spacial score (nSPS) is 11.6. The number of fused-ring (bicyclic) bond motifs is 2. The molecule has 0 fully saturated rings. The van der Waals surface area contributed by atoms with E-state index in [1.54, 1.807) is 62.1 Å². The molecule has 8 nitrogen and oxygen atoms in total. The third kappa shape index (κ3) is 6.73. The zero-order valence-electron chi connectivity index (χ0n) is 25.6. The van der Waals surface area contributed by atoms with Gasteiger partial charge in [0.2, 0.25) is 11.8 Å². The molecule has 49 heavy (non-hydrogen) atoms. The van der Waals surface area contributed by atoms with Gasteiger partial charge in [0.05, 0.1) is 40.5 Å². The van der Waals surface area contributed by atoms with E-state index in [2.05, 4.69) is 30.9 Å². The van der Waals surface area contributed by atoms with Crippen molar-refractivity contribution in [1.82, 2.24) is 19.9 Å². The first-order chi connectivity index (χ1) is 23.7. The summed E-state index contributed by atoms with van der Waals surface area (Å²) in [7, 11) is 1.58. The summed E-state index contributed by atoms with van der Waals surface area (Å²) in [6, 6.07) is 24.6. The molecule has 0 amide bonds. The largest absolute Gasteiger partial charge is 0.497 e. The molecule has 244 valence electrons. The highest BCUT2D eigenvalue weighted by Crippen LogP contribution is 2.43. The lowest BCUT2D eigenvalue weighted by Crippen LogP contribution is -2.05. The smallest absolute Gasteiger partial charge is 0.416 e. The van der Waals surface area contributed by atoms with Crippen molar-refractivity contribution in [2.24, 2.45) is 0 Å². The molecule has 7 aromatic rings. The van der Waals surface area contributed by atoms with Gasteiger partial charge >= 0.3 is 6.18 Å². The summed E-state index contributed by atoms with van der Waals surface area (Å²) in [6.07, 6.45) is 0.471. The van der Waals surface area contributed by atoms with E-state index in [9.17, 15) is 18.3 Å². The molecule has 0 aliphatic rings. The molecule has 7 rings (SSSR count). The van der Waals surface area contributed by atoms with Crippen molar-refractivity contribution in [3.63, 3.8) is 0 Å². The van der Waals surface area contributed by atoms with Crippen LogP contribution >= 0.6 is 15.9 Å². The number of aromatic nitrogens is 4. The van der Waals surface area contributed by atoms with Gasteiger partial charge in [0.1, 0.15) is 17.2 Å². The number of ether oxygens (including phenoxy) is 3. The second-order valence-electron chi connectivity index (χ2n) is 10.9. The van der Waals surface area contributed by atoms with Crippen molar-refractivity contribution < 1.29 is 32.5 Å². The van der Waals surface area contributed by atoms with E-state index in [0.717, 1.165) is 23.1 Å². The molecule has 1 N–H and O–H groups in total. The van der Waals surface area contributed by atoms with Crippen molar-refractivity contribution in [3.8, 4) is 51.4 Å². The van der Waals surface area contributed by atoms with E-state index in [4.69, 9.17) is 19.2 Å². The van der Waals surface area contributed by atoms with E-state index in [1.165, 1.54) is 6.07 Å². The molecule has 4 heterocycles. The summed E-state index contributed by atoms with van der Waals surface area (Å²) in [6.45, 7) is -0.283. The Balaban J connectivity index is 1.35. The monoisotopic (exact) mass is 724 g/mol. The molecule has 0 aliphatic heterocycles. The highest BCUT2D eigenvalue weighted by Gasteiger charge is 2.31. The lowest BCUT2D eigenvalue weighted by Gasteiger charge is -2.18. The van der Waals surface area contributed by atoms with Crippen LogP contribution in [0, 0.1) is 0 Å². The highest BCUT2D eigenvalue weighted by molar-refractivity contribution is 9.10. The van der Waals surface area contributed by atoms with Crippen LogP contribution in [0.25, 0.3) is 44.2 Å². The van der Waals surface area contributed by atoms with Gasteiger partial charge in [0, 0.05) is 52.6 Å². The maximum atomic E-state index is 13.4. The Labute approximate surface area is 285 Å². The number of aliphatic hydroxyl groups excluding tert-OH is 1. The number of methoxy groups -OCH3 is 1.